The second-order valence-electron chi connectivity index (χ2n) is 4.45. The van der Waals surface area contributed by atoms with Gasteiger partial charge in [-0.1, -0.05) is 30.7 Å². The number of nitriles is 1. The van der Waals surface area contributed by atoms with E-state index in [1.807, 2.05) is 24.3 Å². The van der Waals surface area contributed by atoms with Crippen LogP contribution in [0.2, 0.25) is 5.02 Å². The molecule has 0 radical (unpaired) electrons. The van der Waals surface area contributed by atoms with E-state index >= 15 is 0 Å². The molecule has 0 heterocycles. The van der Waals surface area contributed by atoms with Crippen LogP contribution in [0.1, 0.15) is 24.9 Å². The first-order chi connectivity index (χ1) is 7.72. The molecule has 1 aliphatic rings. The summed E-state index contributed by atoms with van der Waals surface area (Å²) in [4.78, 5) is 0. The van der Waals surface area contributed by atoms with Crippen LogP contribution in [0.25, 0.3) is 0 Å². The molecule has 16 heavy (non-hydrogen) atoms. The van der Waals surface area contributed by atoms with Crippen LogP contribution in [0.4, 0.5) is 0 Å². The molecule has 0 amide bonds. The molecule has 1 fully saturated rings. The maximum Gasteiger partial charge on any atom is 0.0845 e. The minimum absolute atomic E-state index is 0.298. The highest BCUT2D eigenvalue weighted by atomic mass is 35.5. The summed E-state index contributed by atoms with van der Waals surface area (Å²) in [6, 6.07) is 10.3. The average molecular weight is 235 g/mol. The minimum Gasteiger partial charge on any atom is -0.297 e. The van der Waals surface area contributed by atoms with Crippen LogP contribution >= 0.6 is 11.6 Å². The molecule has 1 aromatic carbocycles. The highest BCUT2D eigenvalue weighted by molar-refractivity contribution is 6.30. The molecule has 1 aliphatic carbocycles. The van der Waals surface area contributed by atoms with Crippen LogP contribution < -0.4 is 5.32 Å². The third kappa shape index (κ3) is 2.55. The fourth-order valence-electron chi connectivity index (χ4n) is 2.16. The number of hydrogen-bond acceptors (Lipinski definition) is 2. The Kier molecular flexibility index (Phi) is 3.48. The Morgan fingerprint density at radius 1 is 1.50 bits per heavy atom. The van der Waals surface area contributed by atoms with Crippen molar-refractivity contribution in [1.29, 1.82) is 5.26 Å². The Labute approximate surface area is 101 Å². The van der Waals surface area contributed by atoms with E-state index in [0.717, 1.165) is 10.9 Å². The Morgan fingerprint density at radius 2 is 2.12 bits per heavy atom. The second-order valence-corrected chi connectivity index (χ2v) is 4.88. The van der Waals surface area contributed by atoms with Crippen molar-refractivity contribution in [3.8, 4) is 6.07 Å². The van der Waals surface area contributed by atoms with Crippen molar-refractivity contribution < 1.29 is 0 Å². The fraction of sp³-hybridized carbons (Fsp3) is 0.462. The Hall–Kier alpha value is -1.04. The first kappa shape index (κ1) is 11.4. The van der Waals surface area contributed by atoms with Crippen molar-refractivity contribution in [1.82, 2.24) is 5.32 Å². The summed E-state index contributed by atoms with van der Waals surface area (Å²) >= 11 is 5.87. The SMILES string of the molecule is C[C@H]1C[C@H]1[C@@H](NCC#N)c1ccc(Cl)cc1. The molecular weight excluding hydrogens is 220 g/mol. The number of halogens is 1. The van der Waals surface area contributed by atoms with Gasteiger partial charge in [0.05, 0.1) is 12.6 Å². The molecule has 0 aliphatic heterocycles. The maximum absolute atomic E-state index is 8.64. The van der Waals surface area contributed by atoms with Gasteiger partial charge in [0.15, 0.2) is 0 Å². The summed E-state index contributed by atoms with van der Waals surface area (Å²) in [5.74, 6) is 1.42. The standard InChI is InChI=1S/C13H15ClN2/c1-9-8-12(9)13(16-7-6-15)10-2-4-11(14)5-3-10/h2-5,9,12-13,16H,7-8H2,1H3/t9-,12+,13-/m0/s1. The van der Waals surface area contributed by atoms with Gasteiger partial charge in [-0.25, -0.2) is 0 Å². The summed E-state index contributed by atoms with van der Waals surface area (Å²) in [6.45, 7) is 2.65. The molecule has 1 aromatic rings. The average Bonchev–Trinajstić information content (AvgIpc) is 2.99. The van der Waals surface area contributed by atoms with E-state index in [2.05, 4.69) is 18.3 Å². The lowest BCUT2D eigenvalue weighted by Gasteiger charge is -2.17. The van der Waals surface area contributed by atoms with Crippen LogP contribution in [0.3, 0.4) is 0 Å². The van der Waals surface area contributed by atoms with E-state index in [4.69, 9.17) is 16.9 Å². The van der Waals surface area contributed by atoms with E-state index in [1.165, 1.54) is 12.0 Å². The van der Waals surface area contributed by atoms with Crippen molar-refractivity contribution in [3.05, 3.63) is 34.9 Å². The van der Waals surface area contributed by atoms with Gasteiger partial charge in [0.25, 0.3) is 0 Å². The summed E-state index contributed by atoms with van der Waals surface area (Å²) in [5.41, 5.74) is 1.23. The molecule has 3 heteroatoms. The quantitative estimate of drug-likeness (QED) is 0.813. The molecule has 84 valence electrons. The summed E-state index contributed by atoms with van der Waals surface area (Å²) in [6.07, 6.45) is 1.24. The van der Waals surface area contributed by atoms with Crippen molar-refractivity contribution in [2.24, 2.45) is 11.8 Å². The minimum atomic E-state index is 0.298. The Bertz CT molecular complexity index is 393. The van der Waals surface area contributed by atoms with E-state index in [9.17, 15) is 0 Å². The molecule has 0 aromatic heterocycles. The van der Waals surface area contributed by atoms with Gasteiger partial charge >= 0.3 is 0 Å². The first-order valence-electron chi connectivity index (χ1n) is 5.58. The van der Waals surface area contributed by atoms with Crippen molar-refractivity contribution in [3.63, 3.8) is 0 Å². The Morgan fingerprint density at radius 3 is 2.62 bits per heavy atom. The van der Waals surface area contributed by atoms with Gasteiger partial charge < -0.3 is 0 Å². The molecule has 0 spiro atoms. The molecule has 0 unspecified atom stereocenters. The van der Waals surface area contributed by atoms with Gasteiger partial charge in [0, 0.05) is 11.1 Å². The van der Waals surface area contributed by atoms with Crippen LogP contribution in [0, 0.1) is 23.2 Å². The highest BCUT2D eigenvalue weighted by Gasteiger charge is 2.39. The molecular formula is C13H15ClN2. The van der Waals surface area contributed by atoms with Gasteiger partial charge in [-0.2, -0.15) is 5.26 Å². The topological polar surface area (TPSA) is 35.8 Å². The predicted octanol–water partition coefficient (Wildman–Crippen LogP) is 3.15. The van der Waals surface area contributed by atoms with Gasteiger partial charge in [0.2, 0.25) is 0 Å². The molecule has 0 saturated heterocycles. The second kappa shape index (κ2) is 4.86. The van der Waals surface area contributed by atoms with E-state index in [-0.39, 0.29) is 0 Å². The van der Waals surface area contributed by atoms with E-state index in [0.29, 0.717) is 18.5 Å². The zero-order valence-corrected chi connectivity index (χ0v) is 10.0. The summed E-state index contributed by atoms with van der Waals surface area (Å²) < 4.78 is 0. The van der Waals surface area contributed by atoms with Crippen LogP contribution in [0.5, 0.6) is 0 Å². The van der Waals surface area contributed by atoms with Crippen LogP contribution in [-0.4, -0.2) is 6.54 Å². The predicted molar refractivity (Wildman–Crippen MR) is 65.1 cm³/mol. The smallest absolute Gasteiger partial charge is 0.0845 e. The van der Waals surface area contributed by atoms with E-state index < -0.39 is 0 Å². The molecule has 3 atom stereocenters. The number of hydrogen-bond donors (Lipinski definition) is 1. The van der Waals surface area contributed by atoms with Crippen molar-refractivity contribution in [2.75, 3.05) is 6.54 Å². The van der Waals surface area contributed by atoms with Crippen LogP contribution in [-0.2, 0) is 0 Å². The molecule has 1 saturated carbocycles. The third-order valence-corrected chi connectivity index (χ3v) is 3.48. The number of nitrogens with one attached hydrogen (secondary N) is 1. The molecule has 2 nitrogen and oxygen atoms in total. The first-order valence-corrected chi connectivity index (χ1v) is 5.96. The highest BCUT2D eigenvalue weighted by Crippen LogP contribution is 2.46. The lowest BCUT2D eigenvalue weighted by Crippen LogP contribution is -2.23. The summed E-state index contributed by atoms with van der Waals surface area (Å²) in [7, 11) is 0. The molecule has 1 N–H and O–H groups in total. The number of benzene rings is 1. The largest absolute Gasteiger partial charge is 0.297 e. The number of rotatable bonds is 4. The number of nitrogens with zero attached hydrogens (tertiary/aromatic N) is 1. The maximum atomic E-state index is 8.64. The normalized spacial score (nSPS) is 24.8. The van der Waals surface area contributed by atoms with Gasteiger partial charge in [-0.05, 0) is 36.0 Å². The van der Waals surface area contributed by atoms with Gasteiger partial charge in [-0.3, -0.25) is 5.32 Å². The van der Waals surface area contributed by atoms with Gasteiger partial charge in [-0.15, -0.1) is 0 Å². The zero-order chi connectivity index (χ0) is 11.5. The lowest BCUT2D eigenvalue weighted by molar-refractivity contribution is 0.487. The lowest BCUT2D eigenvalue weighted by atomic mass is 10.0. The van der Waals surface area contributed by atoms with Crippen LogP contribution in [0.15, 0.2) is 24.3 Å². The summed E-state index contributed by atoms with van der Waals surface area (Å²) in [5, 5.41) is 12.7. The fourth-order valence-corrected chi connectivity index (χ4v) is 2.28. The monoisotopic (exact) mass is 234 g/mol. The zero-order valence-electron chi connectivity index (χ0n) is 9.28. The van der Waals surface area contributed by atoms with Gasteiger partial charge in [0.1, 0.15) is 0 Å². The third-order valence-electron chi connectivity index (χ3n) is 3.23. The van der Waals surface area contributed by atoms with Crippen molar-refractivity contribution >= 4 is 11.6 Å². The Balaban J connectivity index is 2.12. The molecule has 0 bridgehead atoms. The van der Waals surface area contributed by atoms with Crippen molar-refractivity contribution in [2.45, 2.75) is 19.4 Å². The molecule has 2 rings (SSSR count). The van der Waals surface area contributed by atoms with E-state index in [1.54, 1.807) is 0 Å².